The minimum Gasteiger partial charge on any atom is -0.479 e. The fourth-order valence-corrected chi connectivity index (χ4v) is 4.95. The van der Waals surface area contributed by atoms with E-state index in [0.29, 0.717) is 39.0 Å². The van der Waals surface area contributed by atoms with Gasteiger partial charge >= 0.3 is 5.97 Å². The molecule has 34 heavy (non-hydrogen) atoms. The summed E-state index contributed by atoms with van der Waals surface area (Å²) in [6, 6.07) is 7.57. The third-order valence-corrected chi connectivity index (χ3v) is 6.68. The molecule has 10 heteroatoms. The Morgan fingerprint density at radius 2 is 2.06 bits per heavy atom. The Hall–Kier alpha value is -3.84. The Bertz CT molecular complexity index is 1510. The number of carboxylic acids is 1. The van der Waals surface area contributed by atoms with Crippen molar-refractivity contribution in [3.63, 3.8) is 0 Å². The van der Waals surface area contributed by atoms with Crippen molar-refractivity contribution in [3.8, 4) is 11.8 Å². The summed E-state index contributed by atoms with van der Waals surface area (Å²) in [6.45, 7) is 3.72. The van der Waals surface area contributed by atoms with Crippen molar-refractivity contribution in [1.29, 1.82) is 5.26 Å². The van der Waals surface area contributed by atoms with Gasteiger partial charge in [-0.2, -0.15) is 10.4 Å². The molecule has 0 atom stereocenters. The van der Waals surface area contributed by atoms with Crippen molar-refractivity contribution in [2.75, 3.05) is 0 Å². The number of benzene rings is 1. The van der Waals surface area contributed by atoms with Crippen LogP contribution in [0.5, 0.6) is 0 Å². The second kappa shape index (κ2) is 7.33. The molecule has 1 saturated carbocycles. The summed E-state index contributed by atoms with van der Waals surface area (Å²) < 4.78 is 29.8. The average molecular weight is 465 g/mol. The Balaban J connectivity index is 1.87. The first-order valence-corrected chi connectivity index (χ1v) is 10.7. The van der Waals surface area contributed by atoms with Crippen molar-refractivity contribution < 1.29 is 23.8 Å². The highest BCUT2D eigenvalue weighted by atomic mass is 19.2. The maximum absolute atomic E-state index is 14.3. The van der Waals surface area contributed by atoms with Gasteiger partial charge in [-0.05, 0) is 37.0 Å². The number of aromatic amines is 1. The molecule has 1 aromatic carbocycles. The van der Waals surface area contributed by atoms with Crippen LogP contribution in [-0.2, 0) is 10.2 Å². The molecule has 8 nitrogen and oxygen atoms in total. The van der Waals surface area contributed by atoms with Crippen molar-refractivity contribution in [1.82, 2.24) is 19.7 Å². The van der Waals surface area contributed by atoms with Gasteiger partial charge in [0.2, 0.25) is 0 Å². The molecule has 0 amide bonds. The summed E-state index contributed by atoms with van der Waals surface area (Å²) in [7, 11) is 0. The molecule has 0 spiro atoms. The molecule has 1 fully saturated rings. The monoisotopic (exact) mass is 465 g/mol. The van der Waals surface area contributed by atoms with Crippen LogP contribution in [0.4, 0.5) is 8.78 Å². The zero-order valence-corrected chi connectivity index (χ0v) is 18.4. The Morgan fingerprint density at radius 3 is 2.71 bits per heavy atom. The smallest absolute Gasteiger partial charge is 0.335 e. The lowest BCUT2D eigenvalue weighted by molar-refractivity contribution is -0.169. The number of nitrogens with zero attached hydrogens (tertiary/aromatic N) is 4. The maximum atomic E-state index is 14.3. The Morgan fingerprint density at radius 1 is 1.32 bits per heavy atom. The molecular formula is C24H21F2N5O3. The van der Waals surface area contributed by atoms with Crippen LogP contribution in [0.3, 0.4) is 0 Å². The van der Waals surface area contributed by atoms with Crippen LogP contribution < -0.4 is 0 Å². The van der Waals surface area contributed by atoms with Crippen LogP contribution in [0.1, 0.15) is 50.3 Å². The van der Waals surface area contributed by atoms with E-state index in [1.807, 2.05) is 19.9 Å². The number of nitriles is 1. The van der Waals surface area contributed by atoms with Crippen LogP contribution in [0, 0.1) is 23.0 Å². The van der Waals surface area contributed by atoms with Crippen molar-refractivity contribution in [2.45, 2.75) is 50.0 Å². The normalized spacial score (nSPS) is 20.4. The molecule has 0 aliphatic heterocycles. The molecule has 0 radical (unpaired) electrons. The van der Waals surface area contributed by atoms with Crippen molar-refractivity contribution in [2.24, 2.45) is 0 Å². The fourth-order valence-electron chi connectivity index (χ4n) is 4.95. The van der Waals surface area contributed by atoms with Gasteiger partial charge in [0.25, 0.3) is 0 Å². The third-order valence-electron chi connectivity index (χ3n) is 6.68. The maximum Gasteiger partial charge on any atom is 0.335 e. The number of aliphatic hydroxyl groups is 1. The fraction of sp³-hybridized carbons (Fsp3) is 0.333. The lowest BCUT2D eigenvalue weighted by Crippen LogP contribution is -2.49. The first kappa shape index (κ1) is 22.0. The van der Waals surface area contributed by atoms with E-state index in [1.54, 1.807) is 10.8 Å². The summed E-state index contributed by atoms with van der Waals surface area (Å²) in [4.78, 5) is 16.3. The van der Waals surface area contributed by atoms with Gasteiger partial charge < -0.3 is 14.8 Å². The van der Waals surface area contributed by atoms with Crippen LogP contribution >= 0.6 is 0 Å². The number of halogens is 2. The van der Waals surface area contributed by atoms with Crippen LogP contribution in [0.2, 0.25) is 0 Å². The second-order valence-electron chi connectivity index (χ2n) is 9.52. The number of hydrogen-bond acceptors (Lipinski definition) is 5. The van der Waals surface area contributed by atoms with Gasteiger partial charge in [0.05, 0.1) is 23.3 Å². The zero-order chi connectivity index (χ0) is 24.4. The van der Waals surface area contributed by atoms with E-state index in [1.165, 1.54) is 6.07 Å². The topological polar surface area (TPSA) is 128 Å². The number of pyridine rings is 1. The standard InChI is InChI=1S/C24H21F2N5O3/c1-23(2,5-6-27)20-18(13-9-24(34,10-13)22(32)33)19-17(7-12-11-28-30-21(12)29-19)31(20)14-3-4-15(25)16(26)8-14/h3-4,7-8,11,13,34H,5,9-10H2,1-2H3,(H,32,33)(H,28,29,30). The Kier molecular flexibility index (Phi) is 4.74. The van der Waals surface area contributed by atoms with Gasteiger partial charge in [-0.15, -0.1) is 0 Å². The minimum absolute atomic E-state index is 0.0302. The van der Waals surface area contributed by atoms with E-state index >= 15 is 0 Å². The number of nitrogens with one attached hydrogen (secondary N) is 1. The second-order valence-corrected chi connectivity index (χ2v) is 9.52. The van der Waals surface area contributed by atoms with Gasteiger partial charge in [-0.25, -0.2) is 18.6 Å². The number of rotatable bonds is 5. The lowest BCUT2D eigenvalue weighted by Gasteiger charge is -2.41. The van der Waals surface area contributed by atoms with Gasteiger partial charge in [0.15, 0.2) is 22.9 Å². The van der Waals surface area contributed by atoms with E-state index < -0.39 is 28.6 Å². The zero-order valence-electron chi connectivity index (χ0n) is 18.4. The van der Waals surface area contributed by atoms with Crippen LogP contribution in [0.15, 0.2) is 30.5 Å². The quantitative estimate of drug-likeness (QED) is 0.408. The van der Waals surface area contributed by atoms with Crippen LogP contribution in [0.25, 0.3) is 27.8 Å². The number of hydrogen-bond donors (Lipinski definition) is 3. The molecule has 3 aromatic heterocycles. The SMILES string of the molecule is CC(C)(CC#N)c1c(C2CC(O)(C(=O)O)C2)c2nc3[nH]ncc3cc2n1-c1ccc(F)c(F)c1. The molecule has 4 aromatic rings. The molecule has 5 rings (SSSR count). The summed E-state index contributed by atoms with van der Waals surface area (Å²) in [5, 5.41) is 36.9. The third kappa shape index (κ3) is 3.15. The van der Waals surface area contributed by atoms with Crippen molar-refractivity contribution in [3.05, 3.63) is 53.4 Å². The van der Waals surface area contributed by atoms with E-state index in [0.717, 1.165) is 12.1 Å². The highest BCUT2D eigenvalue weighted by Crippen LogP contribution is 2.51. The van der Waals surface area contributed by atoms with Gasteiger partial charge in [-0.1, -0.05) is 13.8 Å². The van der Waals surface area contributed by atoms with E-state index in [2.05, 4.69) is 16.3 Å². The largest absolute Gasteiger partial charge is 0.479 e. The number of carbonyl (C=O) groups is 1. The summed E-state index contributed by atoms with van der Waals surface area (Å²) >= 11 is 0. The summed E-state index contributed by atoms with van der Waals surface area (Å²) in [6.07, 6.45) is 1.64. The molecule has 0 bridgehead atoms. The van der Waals surface area contributed by atoms with Crippen LogP contribution in [-0.4, -0.2) is 41.5 Å². The molecule has 0 unspecified atom stereocenters. The molecule has 3 heterocycles. The predicted molar refractivity (Wildman–Crippen MR) is 118 cm³/mol. The molecule has 0 saturated heterocycles. The van der Waals surface area contributed by atoms with E-state index in [4.69, 9.17) is 4.98 Å². The first-order valence-electron chi connectivity index (χ1n) is 10.7. The number of fused-ring (bicyclic) bond motifs is 2. The number of aliphatic carboxylic acids is 1. The van der Waals surface area contributed by atoms with Gasteiger partial charge in [0.1, 0.15) is 0 Å². The molecular weight excluding hydrogens is 444 g/mol. The summed E-state index contributed by atoms with van der Waals surface area (Å²) in [5.41, 5.74) is 0.667. The number of aromatic nitrogens is 4. The molecule has 1 aliphatic rings. The van der Waals surface area contributed by atoms with Crippen molar-refractivity contribution >= 4 is 28.0 Å². The lowest BCUT2D eigenvalue weighted by atomic mass is 9.66. The first-order chi connectivity index (χ1) is 16.1. The van der Waals surface area contributed by atoms with Gasteiger partial charge in [0, 0.05) is 40.2 Å². The molecule has 174 valence electrons. The minimum atomic E-state index is -1.85. The average Bonchev–Trinajstić information content (AvgIpc) is 3.33. The Labute approximate surface area is 192 Å². The van der Waals surface area contributed by atoms with E-state index in [9.17, 15) is 29.1 Å². The predicted octanol–water partition coefficient (Wildman–Crippen LogP) is 4.06. The number of carboxylic acid groups (broad SMARTS) is 1. The van der Waals surface area contributed by atoms with Gasteiger partial charge in [-0.3, -0.25) is 5.10 Å². The summed E-state index contributed by atoms with van der Waals surface area (Å²) in [5.74, 6) is -3.67. The molecule has 3 N–H and O–H groups in total. The highest BCUT2D eigenvalue weighted by Gasteiger charge is 2.52. The van der Waals surface area contributed by atoms with E-state index in [-0.39, 0.29) is 25.2 Å². The highest BCUT2D eigenvalue weighted by molar-refractivity contribution is 5.94. The molecule has 1 aliphatic carbocycles. The number of H-pyrrole nitrogens is 1.